The number of piperidine rings is 1. The van der Waals surface area contributed by atoms with Crippen LogP contribution in [0.25, 0.3) is 11.0 Å². The lowest BCUT2D eigenvalue weighted by atomic mass is 9.76. The number of ether oxygens (including phenoxy) is 1. The quantitative estimate of drug-likeness (QED) is 0.164. The van der Waals surface area contributed by atoms with Crippen LogP contribution in [0.4, 0.5) is 10.6 Å². The first-order valence-electron chi connectivity index (χ1n) is 15.0. The minimum Gasteiger partial charge on any atom is -0.449 e. The number of aliphatic hydroxyl groups is 1. The Morgan fingerprint density at radius 1 is 0.907 bits per heavy atom. The summed E-state index contributed by atoms with van der Waals surface area (Å²) in [6.45, 7) is 3.10. The maximum absolute atomic E-state index is 12.7. The number of nitrogens with one attached hydrogen (secondary N) is 1. The molecule has 3 heterocycles. The largest absolute Gasteiger partial charge is 0.449 e. The third kappa shape index (κ3) is 5.58. The Labute approximate surface area is 252 Å². The van der Waals surface area contributed by atoms with Crippen LogP contribution in [0.15, 0.2) is 110 Å². The fourth-order valence-electron chi connectivity index (χ4n) is 6.21. The Bertz CT molecular complexity index is 1550. The van der Waals surface area contributed by atoms with Crippen molar-refractivity contribution in [2.24, 2.45) is 0 Å². The van der Waals surface area contributed by atoms with Crippen LogP contribution in [0.5, 0.6) is 0 Å². The van der Waals surface area contributed by atoms with Gasteiger partial charge in [0, 0.05) is 18.8 Å². The molecule has 2 atom stereocenters. The van der Waals surface area contributed by atoms with Crippen LogP contribution < -0.4 is 5.32 Å². The number of carbonyl (C=O) groups excluding carboxylic acids is 1. The highest BCUT2D eigenvalue weighted by molar-refractivity contribution is 5.88. The highest BCUT2D eigenvalue weighted by Gasteiger charge is 2.39. The number of fused-ring (bicyclic) bond motifs is 1. The van der Waals surface area contributed by atoms with Crippen molar-refractivity contribution in [3.05, 3.63) is 126 Å². The van der Waals surface area contributed by atoms with Gasteiger partial charge >= 0.3 is 6.09 Å². The summed E-state index contributed by atoms with van der Waals surface area (Å²) in [6.07, 6.45) is 4.85. The molecule has 3 aromatic carbocycles. The SMILES string of the molecule is CCCCOC(=O)N1C[C@H](O)C[C@@H](Nc2ncnc3c2ccn3C(c2ccccc2)(c2ccccc2)c2ccccc2)C1. The standard InChI is InChI=1S/C35H37N5O3/c1-2-3-21-43-34(42)39-23-29(22-30(41)24-39)38-32-31-19-20-40(33(31)37-25-36-32)35(26-13-7-4-8-14-26,27-15-9-5-10-16-27)28-17-11-6-12-18-28/h4-20,25,29-30,41H,2-3,21-24H2,1H3,(H,36,37,38)/t29-,30-/m1/s1. The number of aromatic nitrogens is 3. The molecule has 1 amide bonds. The molecule has 1 aliphatic rings. The van der Waals surface area contributed by atoms with Crippen molar-refractivity contribution in [2.75, 3.05) is 25.0 Å². The van der Waals surface area contributed by atoms with Gasteiger partial charge in [0.05, 0.1) is 24.6 Å². The summed E-state index contributed by atoms with van der Waals surface area (Å²) in [5.41, 5.74) is 3.36. The van der Waals surface area contributed by atoms with Crippen molar-refractivity contribution >= 4 is 22.9 Å². The average Bonchev–Trinajstić information content (AvgIpc) is 3.48. The van der Waals surface area contributed by atoms with Gasteiger partial charge in [0.2, 0.25) is 0 Å². The van der Waals surface area contributed by atoms with E-state index in [2.05, 4.69) is 101 Å². The Hall–Kier alpha value is -4.69. The minimum absolute atomic E-state index is 0.203. The third-order valence-corrected chi connectivity index (χ3v) is 8.17. The number of anilines is 1. The molecule has 1 fully saturated rings. The molecule has 43 heavy (non-hydrogen) atoms. The highest BCUT2D eigenvalue weighted by atomic mass is 16.6. The van der Waals surface area contributed by atoms with Gasteiger partial charge in [-0.3, -0.25) is 0 Å². The zero-order valence-corrected chi connectivity index (χ0v) is 24.3. The van der Waals surface area contributed by atoms with E-state index in [9.17, 15) is 9.90 Å². The molecule has 8 nitrogen and oxygen atoms in total. The van der Waals surface area contributed by atoms with E-state index in [1.807, 2.05) is 24.3 Å². The summed E-state index contributed by atoms with van der Waals surface area (Å²) in [4.78, 5) is 23.7. The Morgan fingerprint density at radius 3 is 2.09 bits per heavy atom. The number of aliphatic hydroxyl groups excluding tert-OH is 1. The molecule has 0 bridgehead atoms. The number of amides is 1. The van der Waals surface area contributed by atoms with Crippen LogP contribution in [0.2, 0.25) is 0 Å². The van der Waals surface area contributed by atoms with Crippen molar-refractivity contribution in [1.29, 1.82) is 0 Å². The molecule has 2 aromatic heterocycles. The summed E-state index contributed by atoms with van der Waals surface area (Å²) in [5.74, 6) is 0.658. The second-order valence-corrected chi connectivity index (χ2v) is 11.1. The average molecular weight is 576 g/mol. The predicted molar refractivity (Wildman–Crippen MR) is 168 cm³/mol. The molecule has 220 valence electrons. The van der Waals surface area contributed by atoms with E-state index in [1.165, 1.54) is 0 Å². The van der Waals surface area contributed by atoms with E-state index in [0.29, 0.717) is 25.4 Å². The summed E-state index contributed by atoms with van der Waals surface area (Å²) < 4.78 is 7.65. The van der Waals surface area contributed by atoms with E-state index < -0.39 is 17.7 Å². The topological polar surface area (TPSA) is 92.5 Å². The van der Waals surface area contributed by atoms with Crippen molar-refractivity contribution in [1.82, 2.24) is 19.4 Å². The molecule has 2 N–H and O–H groups in total. The van der Waals surface area contributed by atoms with Crippen molar-refractivity contribution in [3.8, 4) is 0 Å². The molecule has 6 rings (SSSR count). The lowest BCUT2D eigenvalue weighted by Crippen LogP contribution is -2.51. The molecule has 1 saturated heterocycles. The molecular formula is C35H37N5O3. The number of likely N-dealkylation sites (tertiary alicyclic amines) is 1. The number of hydrogen-bond acceptors (Lipinski definition) is 6. The molecule has 0 unspecified atom stereocenters. The molecule has 5 aromatic rings. The number of benzene rings is 3. The maximum Gasteiger partial charge on any atom is 0.409 e. The van der Waals surface area contributed by atoms with E-state index in [-0.39, 0.29) is 12.6 Å². The summed E-state index contributed by atoms with van der Waals surface area (Å²) in [5, 5.41) is 15.0. The van der Waals surface area contributed by atoms with Gasteiger partial charge in [0.15, 0.2) is 0 Å². The Morgan fingerprint density at radius 2 is 1.51 bits per heavy atom. The summed E-state index contributed by atoms with van der Waals surface area (Å²) in [6, 6.07) is 33.3. The molecule has 8 heteroatoms. The third-order valence-electron chi connectivity index (χ3n) is 8.17. The lowest BCUT2D eigenvalue weighted by Gasteiger charge is -2.38. The minimum atomic E-state index is -0.711. The number of carbonyl (C=O) groups is 1. The smallest absolute Gasteiger partial charge is 0.409 e. The van der Waals surface area contributed by atoms with Gasteiger partial charge in [-0.25, -0.2) is 14.8 Å². The van der Waals surface area contributed by atoms with Gasteiger partial charge in [-0.05, 0) is 35.6 Å². The second-order valence-electron chi connectivity index (χ2n) is 11.1. The van der Waals surface area contributed by atoms with E-state index in [0.717, 1.165) is 40.6 Å². The molecule has 0 saturated carbocycles. The fourth-order valence-corrected chi connectivity index (χ4v) is 6.21. The number of hydrogen-bond donors (Lipinski definition) is 2. The number of β-amino-alcohol motifs (C(OH)–C–C–N with tert-alkyl or cyclic N) is 1. The van der Waals surface area contributed by atoms with Crippen LogP contribution in [-0.4, -0.2) is 62.5 Å². The fraction of sp³-hybridized carbons (Fsp3) is 0.286. The van der Waals surface area contributed by atoms with Crippen LogP contribution in [0.3, 0.4) is 0 Å². The van der Waals surface area contributed by atoms with E-state index in [1.54, 1.807) is 11.2 Å². The molecule has 1 aliphatic heterocycles. The van der Waals surface area contributed by atoms with Gasteiger partial charge in [-0.2, -0.15) is 0 Å². The first-order valence-corrected chi connectivity index (χ1v) is 15.0. The Balaban J connectivity index is 1.42. The van der Waals surface area contributed by atoms with Crippen LogP contribution in [0.1, 0.15) is 42.9 Å². The predicted octanol–water partition coefficient (Wildman–Crippen LogP) is 6.06. The van der Waals surface area contributed by atoms with Crippen LogP contribution in [0, 0.1) is 0 Å². The Kier molecular flexibility index (Phi) is 8.38. The van der Waals surface area contributed by atoms with Crippen molar-refractivity contribution < 1.29 is 14.6 Å². The first kappa shape index (κ1) is 28.4. The molecular weight excluding hydrogens is 538 g/mol. The van der Waals surface area contributed by atoms with Crippen molar-refractivity contribution in [3.63, 3.8) is 0 Å². The van der Waals surface area contributed by atoms with E-state index in [4.69, 9.17) is 9.72 Å². The molecule has 0 aliphatic carbocycles. The normalized spacial score (nSPS) is 17.1. The van der Waals surface area contributed by atoms with Crippen molar-refractivity contribution in [2.45, 2.75) is 43.9 Å². The first-order chi connectivity index (χ1) is 21.1. The zero-order valence-electron chi connectivity index (χ0n) is 24.3. The van der Waals surface area contributed by atoms with Gasteiger partial charge in [0.25, 0.3) is 0 Å². The highest BCUT2D eigenvalue weighted by Crippen LogP contribution is 2.43. The van der Waals surface area contributed by atoms with Crippen LogP contribution >= 0.6 is 0 Å². The van der Waals surface area contributed by atoms with Crippen LogP contribution in [-0.2, 0) is 10.3 Å². The van der Waals surface area contributed by atoms with Gasteiger partial charge in [-0.1, -0.05) is 104 Å². The second kappa shape index (κ2) is 12.7. The molecule has 0 radical (unpaired) electrons. The molecule has 0 spiro atoms. The number of rotatable bonds is 9. The zero-order chi connectivity index (χ0) is 29.6. The summed E-state index contributed by atoms with van der Waals surface area (Å²) in [7, 11) is 0. The van der Waals surface area contributed by atoms with Gasteiger partial charge < -0.3 is 24.6 Å². The van der Waals surface area contributed by atoms with Gasteiger partial charge in [0.1, 0.15) is 23.3 Å². The lowest BCUT2D eigenvalue weighted by molar-refractivity contribution is 0.0444. The number of unbranched alkanes of at least 4 members (excludes halogenated alkanes) is 1. The van der Waals surface area contributed by atoms with Gasteiger partial charge in [-0.15, -0.1) is 0 Å². The number of nitrogens with zero attached hydrogens (tertiary/aromatic N) is 4. The monoisotopic (exact) mass is 575 g/mol. The summed E-state index contributed by atoms with van der Waals surface area (Å²) >= 11 is 0. The maximum atomic E-state index is 12.7. The van der Waals surface area contributed by atoms with E-state index >= 15 is 0 Å².